The van der Waals surface area contributed by atoms with Crippen molar-refractivity contribution in [2.45, 2.75) is 38.9 Å². The normalized spacial score (nSPS) is 11.3. The summed E-state index contributed by atoms with van der Waals surface area (Å²) in [5, 5.41) is -0.607. The molecule has 0 aliphatic heterocycles. The summed E-state index contributed by atoms with van der Waals surface area (Å²) in [4.78, 5) is 22.2. The zero-order valence-corrected chi connectivity index (χ0v) is 11.8. The van der Waals surface area contributed by atoms with Crippen molar-refractivity contribution in [3.8, 4) is 0 Å². The summed E-state index contributed by atoms with van der Waals surface area (Å²) in [5.41, 5.74) is 0. The molecule has 0 radical (unpaired) electrons. The molecule has 0 aromatic heterocycles. The van der Waals surface area contributed by atoms with Gasteiger partial charge in [0.15, 0.2) is 9.84 Å². The molecule has 0 unspecified atom stereocenters. The first kappa shape index (κ1) is 16.9. The molecule has 0 aliphatic carbocycles. The van der Waals surface area contributed by atoms with Crippen LogP contribution in [-0.4, -0.2) is 44.6 Å². The SMILES string of the molecule is CCOC(=O)CCCOC(=O)CS(=O)(=O)C(C)C. The summed E-state index contributed by atoms with van der Waals surface area (Å²) in [7, 11) is -3.43. The van der Waals surface area contributed by atoms with Gasteiger partial charge in [0.2, 0.25) is 0 Å². The van der Waals surface area contributed by atoms with E-state index < -0.39 is 26.8 Å². The third-order valence-electron chi connectivity index (χ3n) is 2.13. The van der Waals surface area contributed by atoms with Crippen LogP contribution in [0.15, 0.2) is 0 Å². The van der Waals surface area contributed by atoms with E-state index in [1.165, 1.54) is 13.8 Å². The van der Waals surface area contributed by atoms with Gasteiger partial charge in [-0.05, 0) is 27.2 Å². The third kappa shape index (κ3) is 7.26. The van der Waals surface area contributed by atoms with Crippen LogP contribution >= 0.6 is 0 Å². The second-order valence-corrected chi connectivity index (χ2v) is 6.54. The van der Waals surface area contributed by atoms with Crippen molar-refractivity contribution in [2.24, 2.45) is 0 Å². The van der Waals surface area contributed by atoms with Crippen LogP contribution in [0, 0.1) is 0 Å². The predicted octanol–water partition coefficient (Wildman–Crippen LogP) is 0.696. The van der Waals surface area contributed by atoms with E-state index in [0.29, 0.717) is 13.0 Å². The van der Waals surface area contributed by atoms with Gasteiger partial charge in [-0.25, -0.2) is 8.42 Å². The predicted molar refractivity (Wildman–Crippen MR) is 65.7 cm³/mol. The van der Waals surface area contributed by atoms with Gasteiger partial charge >= 0.3 is 11.9 Å². The number of sulfone groups is 1. The molecule has 106 valence electrons. The molecule has 0 N–H and O–H groups in total. The summed E-state index contributed by atoms with van der Waals surface area (Å²) < 4.78 is 32.2. The van der Waals surface area contributed by atoms with E-state index in [9.17, 15) is 18.0 Å². The van der Waals surface area contributed by atoms with Crippen molar-refractivity contribution >= 4 is 21.8 Å². The molecule has 0 rings (SSSR count). The maximum Gasteiger partial charge on any atom is 0.321 e. The Labute approximate surface area is 108 Å². The molecule has 6 nitrogen and oxygen atoms in total. The molecule has 0 spiro atoms. The molecule has 0 amide bonds. The second kappa shape index (κ2) is 8.07. The number of esters is 2. The summed E-state index contributed by atoms with van der Waals surface area (Å²) >= 11 is 0. The maximum absolute atomic E-state index is 11.4. The highest BCUT2D eigenvalue weighted by Gasteiger charge is 2.21. The Bertz CT molecular complexity index is 371. The zero-order valence-electron chi connectivity index (χ0n) is 11.0. The van der Waals surface area contributed by atoms with E-state index in [1.54, 1.807) is 6.92 Å². The lowest BCUT2D eigenvalue weighted by atomic mass is 10.3. The minimum atomic E-state index is -3.43. The van der Waals surface area contributed by atoms with Crippen LogP contribution in [0.3, 0.4) is 0 Å². The highest BCUT2D eigenvalue weighted by Crippen LogP contribution is 2.02. The molecule has 0 aromatic carbocycles. The van der Waals surface area contributed by atoms with Crippen LogP contribution in [-0.2, 0) is 28.9 Å². The fourth-order valence-corrected chi connectivity index (χ4v) is 1.75. The van der Waals surface area contributed by atoms with Gasteiger partial charge in [0.1, 0.15) is 5.75 Å². The average Bonchev–Trinajstić information content (AvgIpc) is 2.24. The van der Waals surface area contributed by atoms with Crippen molar-refractivity contribution < 1.29 is 27.5 Å². The number of carbonyl (C=O) groups excluding carboxylic acids is 2. The number of rotatable bonds is 8. The minimum absolute atomic E-state index is 0.0191. The van der Waals surface area contributed by atoms with E-state index in [2.05, 4.69) is 4.74 Å². The second-order valence-electron chi connectivity index (χ2n) is 3.98. The first-order valence-electron chi connectivity index (χ1n) is 5.82. The molecular formula is C11H20O6S. The molecular weight excluding hydrogens is 260 g/mol. The topological polar surface area (TPSA) is 86.7 Å². The van der Waals surface area contributed by atoms with Crippen LogP contribution in [0.1, 0.15) is 33.6 Å². The van der Waals surface area contributed by atoms with E-state index in [-0.39, 0.29) is 19.0 Å². The lowest BCUT2D eigenvalue weighted by Gasteiger charge is -2.07. The van der Waals surface area contributed by atoms with E-state index in [4.69, 9.17) is 4.74 Å². The smallest absolute Gasteiger partial charge is 0.321 e. The Kier molecular flexibility index (Phi) is 7.58. The number of ether oxygens (including phenoxy) is 2. The molecule has 7 heteroatoms. The van der Waals surface area contributed by atoms with Crippen molar-refractivity contribution in [1.29, 1.82) is 0 Å². The number of hydrogen-bond acceptors (Lipinski definition) is 6. The van der Waals surface area contributed by atoms with Gasteiger partial charge < -0.3 is 9.47 Å². The first-order chi connectivity index (χ1) is 8.29. The molecule has 0 bridgehead atoms. The van der Waals surface area contributed by atoms with Crippen molar-refractivity contribution in [3.05, 3.63) is 0 Å². The fraction of sp³-hybridized carbons (Fsp3) is 0.818. The summed E-state index contributed by atoms with van der Waals surface area (Å²) in [5.74, 6) is -1.76. The molecule has 18 heavy (non-hydrogen) atoms. The molecule has 0 aliphatic rings. The van der Waals surface area contributed by atoms with Crippen molar-refractivity contribution in [2.75, 3.05) is 19.0 Å². The molecule has 0 atom stereocenters. The Morgan fingerprint density at radius 3 is 2.22 bits per heavy atom. The quantitative estimate of drug-likeness (QED) is 0.480. The maximum atomic E-state index is 11.4. The summed E-state index contributed by atoms with van der Waals surface area (Å²) in [6.45, 7) is 5.04. The summed E-state index contributed by atoms with van der Waals surface area (Å²) in [6, 6.07) is 0. The van der Waals surface area contributed by atoms with Gasteiger partial charge in [0.05, 0.1) is 18.5 Å². The van der Waals surface area contributed by atoms with Gasteiger partial charge in [-0.3, -0.25) is 9.59 Å². The van der Waals surface area contributed by atoms with E-state index in [1.807, 2.05) is 0 Å². The van der Waals surface area contributed by atoms with Crippen LogP contribution in [0.25, 0.3) is 0 Å². The van der Waals surface area contributed by atoms with Gasteiger partial charge in [0, 0.05) is 6.42 Å². The first-order valence-corrected chi connectivity index (χ1v) is 7.54. The monoisotopic (exact) mass is 280 g/mol. The molecule has 0 saturated heterocycles. The number of carbonyl (C=O) groups is 2. The van der Waals surface area contributed by atoms with E-state index in [0.717, 1.165) is 0 Å². The lowest BCUT2D eigenvalue weighted by molar-refractivity contribution is -0.146. The highest BCUT2D eigenvalue weighted by atomic mass is 32.2. The standard InChI is InChI=1S/C11H20O6S/c1-4-16-10(12)6-5-7-17-11(13)8-18(14,15)9(2)3/h9H,4-8H2,1-3H3. The molecule has 0 fully saturated rings. The van der Waals surface area contributed by atoms with Crippen LogP contribution < -0.4 is 0 Å². The van der Waals surface area contributed by atoms with Gasteiger partial charge in [-0.2, -0.15) is 0 Å². The molecule has 0 heterocycles. The van der Waals surface area contributed by atoms with Crippen LogP contribution in [0.5, 0.6) is 0 Å². The molecule has 0 aromatic rings. The Morgan fingerprint density at radius 1 is 1.11 bits per heavy atom. The fourth-order valence-electron chi connectivity index (χ4n) is 1.01. The van der Waals surface area contributed by atoms with Crippen LogP contribution in [0.4, 0.5) is 0 Å². The van der Waals surface area contributed by atoms with Crippen LogP contribution in [0.2, 0.25) is 0 Å². The lowest BCUT2D eigenvalue weighted by Crippen LogP contribution is -2.25. The largest absolute Gasteiger partial charge is 0.466 e. The van der Waals surface area contributed by atoms with Gasteiger partial charge in [0.25, 0.3) is 0 Å². The number of hydrogen-bond donors (Lipinski definition) is 0. The third-order valence-corrected chi connectivity index (χ3v) is 4.21. The zero-order chi connectivity index (χ0) is 14.2. The Balaban J connectivity index is 3.83. The average molecular weight is 280 g/mol. The Hall–Kier alpha value is -1.11. The highest BCUT2D eigenvalue weighted by molar-refractivity contribution is 7.92. The van der Waals surface area contributed by atoms with E-state index >= 15 is 0 Å². The minimum Gasteiger partial charge on any atom is -0.466 e. The van der Waals surface area contributed by atoms with Crippen molar-refractivity contribution in [3.63, 3.8) is 0 Å². The Morgan fingerprint density at radius 2 is 1.72 bits per heavy atom. The van der Waals surface area contributed by atoms with Gasteiger partial charge in [-0.15, -0.1) is 0 Å². The van der Waals surface area contributed by atoms with Crippen molar-refractivity contribution in [1.82, 2.24) is 0 Å². The van der Waals surface area contributed by atoms with Gasteiger partial charge in [-0.1, -0.05) is 0 Å². The summed E-state index contributed by atoms with van der Waals surface area (Å²) in [6.07, 6.45) is 0.477. The molecule has 0 saturated carbocycles.